The van der Waals surface area contributed by atoms with Crippen LogP contribution in [0.5, 0.6) is 0 Å². The summed E-state index contributed by atoms with van der Waals surface area (Å²) < 4.78 is 22.2. The first kappa shape index (κ1) is 16.4. The van der Waals surface area contributed by atoms with E-state index in [0.717, 1.165) is 32.2 Å². The van der Waals surface area contributed by atoms with Gasteiger partial charge in [0.25, 0.3) is 0 Å². The molecule has 1 saturated heterocycles. The monoisotopic (exact) mass is 291 g/mol. The number of sulfone groups is 1. The average Bonchev–Trinajstić information content (AvgIpc) is 2.34. The predicted octanol–water partition coefficient (Wildman–Crippen LogP) is -0.697. The van der Waals surface area contributed by atoms with Gasteiger partial charge in [0.05, 0.1) is 0 Å². The first-order chi connectivity index (χ1) is 8.87. The van der Waals surface area contributed by atoms with E-state index >= 15 is 0 Å². The van der Waals surface area contributed by atoms with Gasteiger partial charge in [-0.05, 0) is 19.4 Å². The Labute approximate surface area is 115 Å². The van der Waals surface area contributed by atoms with Crippen LogP contribution in [0, 0.1) is 0 Å². The van der Waals surface area contributed by atoms with Crippen molar-refractivity contribution in [2.75, 3.05) is 44.7 Å². The van der Waals surface area contributed by atoms with Gasteiger partial charge in [0.2, 0.25) is 5.91 Å². The molecule has 2 N–H and O–H groups in total. The second-order valence-corrected chi connectivity index (χ2v) is 7.27. The Balaban J connectivity index is 2.46. The molecule has 1 aliphatic rings. The van der Waals surface area contributed by atoms with E-state index in [2.05, 4.69) is 11.8 Å². The molecule has 0 bridgehead atoms. The van der Waals surface area contributed by atoms with Gasteiger partial charge in [-0.25, -0.2) is 8.42 Å². The lowest BCUT2D eigenvalue weighted by Crippen LogP contribution is -2.53. The number of nitrogens with two attached hydrogens (primary N) is 1. The molecule has 1 amide bonds. The van der Waals surface area contributed by atoms with E-state index in [-0.39, 0.29) is 11.7 Å². The molecule has 0 aliphatic carbocycles. The van der Waals surface area contributed by atoms with Crippen LogP contribution in [0.4, 0.5) is 0 Å². The standard InChI is InChI=1S/C12H25N3O3S/c1-3-11(4-5-13)14-6-8-15(9-7-14)12(16)10-19(2,17)18/h11H,3-10,13H2,1-2H3. The second kappa shape index (κ2) is 7.21. The van der Waals surface area contributed by atoms with Gasteiger partial charge in [-0.15, -0.1) is 0 Å². The fourth-order valence-corrected chi connectivity index (χ4v) is 3.12. The van der Waals surface area contributed by atoms with E-state index < -0.39 is 9.84 Å². The van der Waals surface area contributed by atoms with Crippen molar-refractivity contribution in [3.8, 4) is 0 Å². The third-order valence-corrected chi connectivity index (χ3v) is 4.31. The van der Waals surface area contributed by atoms with Crippen molar-refractivity contribution in [1.82, 2.24) is 9.80 Å². The lowest BCUT2D eigenvalue weighted by atomic mass is 10.1. The molecule has 19 heavy (non-hydrogen) atoms. The molecule has 112 valence electrons. The second-order valence-electron chi connectivity index (χ2n) is 5.13. The maximum absolute atomic E-state index is 11.8. The smallest absolute Gasteiger partial charge is 0.237 e. The minimum absolute atomic E-state index is 0.283. The van der Waals surface area contributed by atoms with Gasteiger partial charge in [-0.3, -0.25) is 9.69 Å². The molecule has 0 saturated carbocycles. The zero-order chi connectivity index (χ0) is 14.5. The molecule has 1 heterocycles. The van der Waals surface area contributed by atoms with Gasteiger partial charge in [0.15, 0.2) is 9.84 Å². The maximum Gasteiger partial charge on any atom is 0.237 e. The summed E-state index contributed by atoms with van der Waals surface area (Å²) in [6, 6.07) is 0.470. The van der Waals surface area contributed by atoms with Crippen molar-refractivity contribution >= 4 is 15.7 Å². The molecule has 0 spiro atoms. The molecule has 1 aliphatic heterocycles. The fourth-order valence-electron chi connectivity index (χ4n) is 2.49. The van der Waals surface area contributed by atoms with Gasteiger partial charge >= 0.3 is 0 Å². The van der Waals surface area contributed by atoms with Gasteiger partial charge in [0, 0.05) is 38.5 Å². The van der Waals surface area contributed by atoms with Gasteiger partial charge < -0.3 is 10.6 Å². The Kier molecular flexibility index (Phi) is 6.22. The highest BCUT2D eigenvalue weighted by Gasteiger charge is 2.26. The van der Waals surface area contributed by atoms with Crippen LogP contribution in [-0.4, -0.2) is 74.9 Å². The minimum atomic E-state index is -3.24. The van der Waals surface area contributed by atoms with E-state index in [9.17, 15) is 13.2 Å². The lowest BCUT2D eigenvalue weighted by Gasteiger charge is -2.39. The number of carbonyl (C=O) groups excluding carboxylic acids is 1. The van der Waals surface area contributed by atoms with Crippen LogP contribution in [0.1, 0.15) is 19.8 Å². The number of carbonyl (C=O) groups is 1. The zero-order valence-electron chi connectivity index (χ0n) is 11.8. The van der Waals surface area contributed by atoms with Crippen LogP contribution in [0.15, 0.2) is 0 Å². The van der Waals surface area contributed by atoms with E-state index in [4.69, 9.17) is 5.73 Å². The first-order valence-corrected chi connectivity index (χ1v) is 8.83. The molecule has 0 aromatic carbocycles. The molecule has 0 aromatic rings. The highest BCUT2D eigenvalue weighted by Crippen LogP contribution is 2.12. The fraction of sp³-hybridized carbons (Fsp3) is 0.917. The molecule has 0 radical (unpaired) electrons. The quantitative estimate of drug-likeness (QED) is 0.700. The van der Waals surface area contributed by atoms with Crippen LogP contribution in [-0.2, 0) is 14.6 Å². The third kappa shape index (κ3) is 5.46. The van der Waals surface area contributed by atoms with Gasteiger partial charge in [-0.2, -0.15) is 0 Å². The zero-order valence-corrected chi connectivity index (χ0v) is 12.7. The molecule has 1 unspecified atom stereocenters. The summed E-state index contributed by atoms with van der Waals surface area (Å²) in [5.74, 6) is -0.665. The Bertz CT molecular complexity index is 389. The lowest BCUT2D eigenvalue weighted by molar-refractivity contribution is -0.130. The summed E-state index contributed by atoms with van der Waals surface area (Å²) in [5.41, 5.74) is 5.60. The summed E-state index contributed by atoms with van der Waals surface area (Å²) in [6.07, 6.45) is 3.11. The average molecular weight is 291 g/mol. The Morgan fingerprint density at radius 2 is 1.84 bits per heavy atom. The topological polar surface area (TPSA) is 83.7 Å². The molecular weight excluding hydrogens is 266 g/mol. The first-order valence-electron chi connectivity index (χ1n) is 6.77. The number of hydrogen-bond acceptors (Lipinski definition) is 5. The van der Waals surface area contributed by atoms with E-state index in [1.54, 1.807) is 4.90 Å². The molecule has 7 heteroatoms. The molecule has 1 fully saturated rings. The van der Waals surface area contributed by atoms with Gasteiger partial charge in [0.1, 0.15) is 5.75 Å². The Hall–Kier alpha value is -0.660. The SMILES string of the molecule is CCC(CCN)N1CCN(C(=O)CS(C)(=O)=O)CC1. The van der Waals surface area contributed by atoms with Crippen LogP contribution < -0.4 is 5.73 Å². The Morgan fingerprint density at radius 3 is 2.26 bits per heavy atom. The molecule has 6 nitrogen and oxygen atoms in total. The normalized spacial score (nSPS) is 19.4. The van der Waals surface area contributed by atoms with Gasteiger partial charge in [-0.1, -0.05) is 6.92 Å². The van der Waals surface area contributed by atoms with E-state index in [1.165, 1.54) is 0 Å². The van der Waals surface area contributed by atoms with Crippen LogP contribution in [0.2, 0.25) is 0 Å². The number of rotatable bonds is 6. The minimum Gasteiger partial charge on any atom is -0.339 e. The van der Waals surface area contributed by atoms with Crippen LogP contribution >= 0.6 is 0 Å². The summed E-state index contributed by atoms with van der Waals surface area (Å²) >= 11 is 0. The summed E-state index contributed by atoms with van der Waals surface area (Å²) in [6.45, 7) is 5.63. The predicted molar refractivity (Wildman–Crippen MR) is 75.6 cm³/mol. The van der Waals surface area contributed by atoms with Crippen molar-refractivity contribution in [2.24, 2.45) is 5.73 Å². The van der Waals surface area contributed by atoms with E-state index in [1.807, 2.05) is 0 Å². The van der Waals surface area contributed by atoms with E-state index in [0.29, 0.717) is 25.7 Å². The number of piperazine rings is 1. The number of hydrogen-bond donors (Lipinski definition) is 1. The molecule has 1 atom stereocenters. The number of amides is 1. The highest BCUT2D eigenvalue weighted by molar-refractivity contribution is 7.91. The van der Waals surface area contributed by atoms with Crippen molar-refractivity contribution in [3.63, 3.8) is 0 Å². The van der Waals surface area contributed by atoms with Crippen molar-refractivity contribution < 1.29 is 13.2 Å². The number of nitrogens with zero attached hydrogens (tertiary/aromatic N) is 2. The largest absolute Gasteiger partial charge is 0.339 e. The summed E-state index contributed by atoms with van der Waals surface area (Å²) in [5, 5.41) is 0. The summed E-state index contributed by atoms with van der Waals surface area (Å²) in [4.78, 5) is 15.8. The maximum atomic E-state index is 11.8. The van der Waals surface area contributed by atoms with Crippen LogP contribution in [0.3, 0.4) is 0 Å². The van der Waals surface area contributed by atoms with Crippen LogP contribution in [0.25, 0.3) is 0 Å². The van der Waals surface area contributed by atoms with Crippen molar-refractivity contribution in [3.05, 3.63) is 0 Å². The highest BCUT2D eigenvalue weighted by atomic mass is 32.2. The molecule has 0 aromatic heterocycles. The van der Waals surface area contributed by atoms with Crippen molar-refractivity contribution in [2.45, 2.75) is 25.8 Å². The Morgan fingerprint density at radius 1 is 1.26 bits per heavy atom. The molecule has 1 rings (SSSR count). The van der Waals surface area contributed by atoms with Crippen molar-refractivity contribution in [1.29, 1.82) is 0 Å². The molecular formula is C12H25N3O3S. The third-order valence-electron chi connectivity index (χ3n) is 3.54. The summed E-state index contributed by atoms with van der Waals surface area (Å²) in [7, 11) is -3.24.